The Hall–Kier alpha value is -2.04. The number of rotatable bonds is 5. The minimum atomic E-state index is -0.634. The van der Waals surface area contributed by atoms with Crippen molar-refractivity contribution in [1.29, 1.82) is 0 Å². The summed E-state index contributed by atoms with van der Waals surface area (Å²) in [4.78, 5) is 19.0. The van der Waals surface area contributed by atoms with Crippen LogP contribution in [0.3, 0.4) is 0 Å². The number of carbonyl (C=O) groups excluding carboxylic acids is 1. The molecular weight excluding hydrogens is 362 g/mol. The first-order chi connectivity index (χ1) is 12.6. The zero-order valence-corrected chi connectivity index (χ0v) is 17.8. The maximum absolute atomic E-state index is 12.2. The molecule has 1 aliphatic rings. The van der Waals surface area contributed by atoms with Gasteiger partial charge in [0.2, 0.25) is 6.29 Å². The molecule has 0 radical (unpaired) electrons. The quantitative estimate of drug-likeness (QED) is 0.612. The Bertz CT molecular complexity index is 753. The lowest BCUT2D eigenvalue weighted by molar-refractivity contribution is -0.143. The third-order valence-corrected chi connectivity index (χ3v) is 4.80. The highest BCUT2D eigenvalue weighted by molar-refractivity contribution is 7.15. The molecular formula is C20H29N3O3S. The van der Waals surface area contributed by atoms with Crippen molar-refractivity contribution in [3.05, 3.63) is 23.3 Å². The van der Waals surface area contributed by atoms with E-state index in [4.69, 9.17) is 9.47 Å². The van der Waals surface area contributed by atoms with Gasteiger partial charge in [-0.25, -0.2) is 4.98 Å². The van der Waals surface area contributed by atoms with Crippen molar-refractivity contribution in [2.45, 2.75) is 71.9 Å². The van der Waals surface area contributed by atoms with Gasteiger partial charge in [-0.3, -0.25) is 4.79 Å². The fourth-order valence-electron chi connectivity index (χ4n) is 3.21. The van der Waals surface area contributed by atoms with Crippen LogP contribution in [0.15, 0.2) is 18.5 Å². The van der Waals surface area contributed by atoms with Crippen LogP contribution < -0.4 is 10.1 Å². The van der Waals surface area contributed by atoms with E-state index < -0.39 is 12.0 Å². The molecule has 1 amide bonds. The van der Waals surface area contributed by atoms with Gasteiger partial charge in [-0.2, -0.15) is 0 Å². The molecule has 0 aromatic carbocycles. The molecule has 0 spiro atoms. The number of aromatic nitrogens is 1. The van der Waals surface area contributed by atoms with Crippen LogP contribution in [0.2, 0.25) is 0 Å². The summed E-state index contributed by atoms with van der Waals surface area (Å²) in [5, 5.41) is 3.21. The number of carbonyl (C=O) groups is 1. The smallest absolute Gasteiger partial charge is 0.276 e. The number of ether oxygens (including phenoxy) is 2. The second-order valence-electron chi connectivity index (χ2n) is 7.72. The van der Waals surface area contributed by atoms with Crippen molar-refractivity contribution in [3.63, 3.8) is 0 Å². The first kappa shape index (κ1) is 21.3. The van der Waals surface area contributed by atoms with Crippen molar-refractivity contribution in [2.24, 2.45) is 0 Å². The molecule has 0 aliphatic carbocycles. The van der Waals surface area contributed by atoms with Gasteiger partial charge < -0.3 is 19.7 Å². The molecule has 6 nitrogen and oxygen atoms in total. The summed E-state index contributed by atoms with van der Waals surface area (Å²) in [5.74, 6) is 5.79. The minimum Gasteiger partial charge on any atom is -0.434 e. The summed E-state index contributed by atoms with van der Waals surface area (Å²) in [6.45, 7) is 16.9. The lowest BCUT2D eigenvalue weighted by atomic mass is 10.0. The molecule has 1 aromatic rings. The Kier molecular flexibility index (Phi) is 6.55. The van der Waals surface area contributed by atoms with Gasteiger partial charge in [0, 0.05) is 24.9 Å². The SMILES string of the molecule is C=C1C(Oc2ncc(C(=O)NCCC#CCC)s2)OC(C)(C)N1C(C)(C)C. The van der Waals surface area contributed by atoms with Crippen molar-refractivity contribution in [3.8, 4) is 17.0 Å². The van der Waals surface area contributed by atoms with Gasteiger partial charge in [-0.15, -0.1) is 11.8 Å². The highest BCUT2D eigenvalue weighted by atomic mass is 32.1. The first-order valence-corrected chi connectivity index (χ1v) is 9.91. The summed E-state index contributed by atoms with van der Waals surface area (Å²) in [5.41, 5.74) is 0.0350. The van der Waals surface area contributed by atoms with E-state index in [-0.39, 0.29) is 11.4 Å². The Morgan fingerprint density at radius 2 is 2.19 bits per heavy atom. The normalized spacial score (nSPS) is 18.8. The van der Waals surface area contributed by atoms with E-state index in [2.05, 4.69) is 54.4 Å². The predicted octanol–water partition coefficient (Wildman–Crippen LogP) is 3.76. The highest BCUT2D eigenvalue weighted by Gasteiger charge is 2.48. The second kappa shape index (κ2) is 8.32. The maximum atomic E-state index is 12.2. The first-order valence-electron chi connectivity index (χ1n) is 9.09. The van der Waals surface area contributed by atoms with Gasteiger partial charge in [0.1, 0.15) is 10.6 Å². The molecule has 1 N–H and O–H groups in total. The minimum absolute atomic E-state index is 0.159. The van der Waals surface area contributed by atoms with Crippen LogP contribution >= 0.6 is 11.3 Å². The Morgan fingerprint density at radius 3 is 2.78 bits per heavy atom. The molecule has 1 fully saturated rings. The zero-order chi connectivity index (χ0) is 20.2. The average Bonchev–Trinajstić information content (AvgIpc) is 3.09. The number of amides is 1. The van der Waals surface area contributed by atoms with Gasteiger partial charge in [0.25, 0.3) is 11.1 Å². The highest BCUT2D eigenvalue weighted by Crippen LogP contribution is 2.40. The molecule has 2 heterocycles. The van der Waals surface area contributed by atoms with E-state index in [1.807, 2.05) is 20.8 Å². The van der Waals surface area contributed by atoms with Crippen LogP contribution in [-0.4, -0.2) is 39.9 Å². The Labute approximate surface area is 165 Å². The zero-order valence-electron chi connectivity index (χ0n) is 17.0. The molecule has 2 rings (SSSR count). The molecule has 7 heteroatoms. The molecule has 148 valence electrons. The number of nitrogens with zero attached hydrogens (tertiary/aromatic N) is 2. The van der Waals surface area contributed by atoms with Crippen LogP contribution in [0.5, 0.6) is 5.19 Å². The molecule has 1 aliphatic heterocycles. The maximum Gasteiger partial charge on any atom is 0.276 e. The Morgan fingerprint density at radius 1 is 1.48 bits per heavy atom. The van der Waals surface area contributed by atoms with Gasteiger partial charge in [-0.05, 0) is 34.6 Å². The lowest BCUT2D eigenvalue weighted by Gasteiger charge is -2.42. The summed E-state index contributed by atoms with van der Waals surface area (Å²) in [6, 6.07) is 0. The molecule has 1 unspecified atom stereocenters. The third kappa shape index (κ3) is 5.24. The van der Waals surface area contributed by atoms with Crippen LogP contribution in [0, 0.1) is 11.8 Å². The molecule has 27 heavy (non-hydrogen) atoms. The number of hydrogen-bond donors (Lipinski definition) is 1. The Balaban J connectivity index is 1.98. The van der Waals surface area contributed by atoms with Crippen LogP contribution in [0.1, 0.15) is 64.1 Å². The monoisotopic (exact) mass is 391 g/mol. The van der Waals surface area contributed by atoms with Crippen molar-refractivity contribution in [1.82, 2.24) is 15.2 Å². The lowest BCUT2D eigenvalue weighted by Crippen LogP contribution is -2.49. The number of nitrogens with one attached hydrogen (secondary N) is 1. The van der Waals surface area contributed by atoms with Crippen molar-refractivity contribution >= 4 is 17.2 Å². The van der Waals surface area contributed by atoms with E-state index in [1.165, 1.54) is 17.5 Å². The number of hydrogen-bond acceptors (Lipinski definition) is 6. The molecule has 0 bridgehead atoms. The standard InChI is InChI=1S/C20H29N3O3S/c1-8-9-10-11-12-21-16(24)15-13-22-18(27-15)25-17-14(2)23(19(3,4)5)20(6,7)26-17/h13,17H,2,8,11-12H2,1,3-7H3,(H,21,24). The summed E-state index contributed by atoms with van der Waals surface area (Å²) in [6.07, 6.45) is 2.33. The van der Waals surface area contributed by atoms with Gasteiger partial charge in [0.05, 0.1) is 11.9 Å². The van der Waals surface area contributed by atoms with Crippen LogP contribution in [0.25, 0.3) is 0 Å². The molecule has 1 atom stereocenters. The summed E-state index contributed by atoms with van der Waals surface area (Å²) >= 11 is 1.19. The summed E-state index contributed by atoms with van der Waals surface area (Å²) < 4.78 is 11.9. The van der Waals surface area contributed by atoms with Gasteiger partial charge >= 0.3 is 0 Å². The van der Waals surface area contributed by atoms with Crippen molar-refractivity contribution < 1.29 is 14.3 Å². The van der Waals surface area contributed by atoms with Crippen molar-refractivity contribution in [2.75, 3.05) is 6.54 Å². The molecule has 1 saturated heterocycles. The molecule has 1 aromatic heterocycles. The van der Waals surface area contributed by atoms with E-state index in [0.717, 1.165) is 12.1 Å². The average molecular weight is 392 g/mol. The fraction of sp³-hybridized carbons (Fsp3) is 0.600. The van der Waals surface area contributed by atoms with Crippen LogP contribution in [0.4, 0.5) is 0 Å². The van der Waals surface area contributed by atoms with Gasteiger partial charge in [0.15, 0.2) is 0 Å². The molecule has 0 saturated carbocycles. The number of thiazole rings is 1. The predicted molar refractivity (Wildman–Crippen MR) is 107 cm³/mol. The topological polar surface area (TPSA) is 63.7 Å². The van der Waals surface area contributed by atoms with E-state index in [1.54, 1.807) is 0 Å². The van der Waals surface area contributed by atoms with E-state index >= 15 is 0 Å². The largest absolute Gasteiger partial charge is 0.434 e. The second-order valence-corrected chi connectivity index (χ2v) is 8.71. The van der Waals surface area contributed by atoms with E-state index in [0.29, 0.717) is 23.0 Å². The fourth-order valence-corrected chi connectivity index (χ4v) is 3.91. The van der Waals surface area contributed by atoms with Gasteiger partial charge in [-0.1, -0.05) is 24.8 Å². The third-order valence-electron chi connectivity index (χ3n) is 3.92. The van der Waals surface area contributed by atoms with E-state index in [9.17, 15) is 4.79 Å². The van der Waals surface area contributed by atoms with Crippen LogP contribution in [-0.2, 0) is 4.74 Å². The summed E-state index contributed by atoms with van der Waals surface area (Å²) in [7, 11) is 0.